The molecule has 1 saturated carbocycles. The molecule has 0 saturated heterocycles. The van der Waals surface area contributed by atoms with Gasteiger partial charge in [0.25, 0.3) is 0 Å². The van der Waals surface area contributed by atoms with Crippen LogP contribution < -0.4 is 5.32 Å². The van der Waals surface area contributed by atoms with Gasteiger partial charge in [0.05, 0.1) is 11.9 Å². The lowest BCUT2D eigenvalue weighted by Crippen LogP contribution is -2.27. The molecule has 0 aromatic carbocycles. The molecular formula is C15H24N2. The number of nitrogens with zero attached hydrogens (tertiary/aromatic N) is 1. The molecule has 17 heavy (non-hydrogen) atoms. The van der Waals surface area contributed by atoms with Crippen molar-refractivity contribution in [3.8, 4) is 0 Å². The summed E-state index contributed by atoms with van der Waals surface area (Å²) in [6.45, 7) is 7.19. The zero-order valence-corrected chi connectivity index (χ0v) is 11.4. The van der Waals surface area contributed by atoms with Crippen LogP contribution in [0.3, 0.4) is 0 Å². The monoisotopic (exact) mass is 232 g/mol. The summed E-state index contributed by atoms with van der Waals surface area (Å²) in [6, 6.07) is 2.19. The van der Waals surface area contributed by atoms with Crippen molar-refractivity contribution < 1.29 is 0 Å². The molecular weight excluding hydrogens is 208 g/mol. The molecule has 0 aliphatic heterocycles. The third-order valence-corrected chi connectivity index (χ3v) is 4.67. The van der Waals surface area contributed by atoms with Crippen LogP contribution in [-0.4, -0.2) is 12.0 Å². The fourth-order valence-electron chi connectivity index (χ4n) is 3.21. The zero-order valence-electron chi connectivity index (χ0n) is 11.4. The van der Waals surface area contributed by atoms with Crippen molar-refractivity contribution in [2.45, 2.75) is 39.5 Å². The lowest BCUT2D eigenvalue weighted by molar-refractivity contribution is 0.176. The van der Waals surface area contributed by atoms with Gasteiger partial charge in [-0.1, -0.05) is 20.8 Å². The maximum Gasteiger partial charge on any atom is 0.0559 e. The molecule has 1 aliphatic carbocycles. The van der Waals surface area contributed by atoms with Gasteiger partial charge < -0.3 is 5.32 Å². The molecule has 0 spiro atoms. The van der Waals surface area contributed by atoms with Crippen LogP contribution in [0.2, 0.25) is 0 Å². The summed E-state index contributed by atoms with van der Waals surface area (Å²) in [7, 11) is 1.98. The van der Waals surface area contributed by atoms with Gasteiger partial charge in [0.15, 0.2) is 0 Å². The van der Waals surface area contributed by atoms with Crippen LogP contribution in [-0.2, 0) is 0 Å². The Morgan fingerprint density at radius 2 is 1.82 bits per heavy atom. The normalized spacial score (nSPS) is 33.4. The lowest BCUT2D eigenvalue weighted by Gasteiger charge is -2.38. The second kappa shape index (κ2) is 5.07. The van der Waals surface area contributed by atoms with Crippen LogP contribution in [0.4, 0.5) is 5.69 Å². The van der Waals surface area contributed by atoms with E-state index in [0.717, 1.165) is 17.8 Å². The van der Waals surface area contributed by atoms with Crippen LogP contribution >= 0.6 is 0 Å². The van der Waals surface area contributed by atoms with E-state index >= 15 is 0 Å². The Labute approximate surface area is 105 Å². The second-order valence-corrected chi connectivity index (χ2v) is 5.69. The molecule has 1 fully saturated rings. The standard InChI is InChI=1S/C15H24N2/c1-10-7-13(8-11(2)12(10)3)14-5-6-17-9-15(14)16-4/h5-6,9-13,16H,7-8H2,1-4H3. The SMILES string of the molecule is CNc1cnccc1C1CC(C)C(C)C(C)C1. The van der Waals surface area contributed by atoms with Gasteiger partial charge >= 0.3 is 0 Å². The van der Waals surface area contributed by atoms with Crippen molar-refractivity contribution in [1.82, 2.24) is 4.98 Å². The molecule has 1 aromatic rings. The van der Waals surface area contributed by atoms with Crippen molar-refractivity contribution in [1.29, 1.82) is 0 Å². The average molecular weight is 232 g/mol. The summed E-state index contributed by atoms with van der Waals surface area (Å²) >= 11 is 0. The molecule has 2 heteroatoms. The van der Waals surface area contributed by atoms with Crippen molar-refractivity contribution in [3.63, 3.8) is 0 Å². The minimum atomic E-state index is 0.696. The minimum Gasteiger partial charge on any atom is -0.387 e. The van der Waals surface area contributed by atoms with Gasteiger partial charge in [-0.15, -0.1) is 0 Å². The van der Waals surface area contributed by atoms with Crippen LogP contribution in [0.15, 0.2) is 18.5 Å². The third kappa shape index (κ3) is 2.46. The fourth-order valence-corrected chi connectivity index (χ4v) is 3.21. The molecule has 0 radical (unpaired) electrons. The predicted octanol–water partition coefficient (Wildman–Crippen LogP) is 3.91. The van der Waals surface area contributed by atoms with Crippen LogP contribution in [0.1, 0.15) is 45.1 Å². The first-order valence-corrected chi connectivity index (χ1v) is 6.75. The summed E-state index contributed by atoms with van der Waals surface area (Å²) in [5, 5.41) is 3.27. The first-order chi connectivity index (χ1) is 8.13. The molecule has 1 N–H and O–H groups in total. The number of pyridine rings is 1. The summed E-state index contributed by atoms with van der Waals surface area (Å²) in [6.07, 6.45) is 6.49. The Balaban J connectivity index is 2.22. The van der Waals surface area contributed by atoms with Crippen molar-refractivity contribution >= 4 is 5.69 Å². The Kier molecular flexibility index (Phi) is 3.70. The first-order valence-electron chi connectivity index (χ1n) is 6.75. The van der Waals surface area contributed by atoms with Gasteiger partial charge in [-0.3, -0.25) is 4.98 Å². The van der Waals surface area contributed by atoms with E-state index in [1.807, 2.05) is 19.4 Å². The molecule has 0 bridgehead atoms. The van der Waals surface area contributed by atoms with Gasteiger partial charge in [-0.2, -0.15) is 0 Å². The highest BCUT2D eigenvalue weighted by atomic mass is 14.8. The van der Waals surface area contributed by atoms with E-state index < -0.39 is 0 Å². The highest BCUT2D eigenvalue weighted by Gasteiger charge is 2.31. The Bertz CT molecular complexity index is 363. The van der Waals surface area contributed by atoms with Crippen molar-refractivity contribution in [2.24, 2.45) is 17.8 Å². The molecule has 1 aromatic heterocycles. The second-order valence-electron chi connectivity index (χ2n) is 5.69. The molecule has 1 aliphatic rings. The van der Waals surface area contributed by atoms with Crippen LogP contribution in [0.25, 0.3) is 0 Å². The highest BCUT2D eigenvalue weighted by molar-refractivity contribution is 5.50. The first kappa shape index (κ1) is 12.4. The quantitative estimate of drug-likeness (QED) is 0.836. The van der Waals surface area contributed by atoms with Crippen molar-refractivity contribution in [3.05, 3.63) is 24.0 Å². The molecule has 2 nitrogen and oxygen atoms in total. The van der Waals surface area contributed by atoms with E-state index in [1.165, 1.54) is 24.1 Å². The number of rotatable bonds is 2. The van der Waals surface area contributed by atoms with Crippen LogP contribution in [0, 0.1) is 17.8 Å². The third-order valence-electron chi connectivity index (χ3n) is 4.67. The van der Waals surface area contributed by atoms with E-state index in [1.54, 1.807) is 0 Å². The smallest absolute Gasteiger partial charge is 0.0559 e. The maximum absolute atomic E-state index is 4.20. The van der Waals surface area contributed by atoms with E-state index in [-0.39, 0.29) is 0 Å². The molecule has 2 rings (SSSR count). The Morgan fingerprint density at radius 1 is 1.18 bits per heavy atom. The van der Waals surface area contributed by atoms with Gasteiger partial charge in [-0.05, 0) is 48.1 Å². The maximum atomic E-state index is 4.20. The summed E-state index contributed by atoms with van der Waals surface area (Å²) in [5.74, 6) is 3.19. The molecule has 2 atom stereocenters. The van der Waals surface area contributed by atoms with Gasteiger partial charge in [0.2, 0.25) is 0 Å². The van der Waals surface area contributed by atoms with Gasteiger partial charge in [-0.25, -0.2) is 0 Å². The van der Waals surface area contributed by atoms with E-state index in [9.17, 15) is 0 Å². The lowest BCUT2D eigenvalue weighted by atomic mass is 9.68. The molecule has 0 amide bonds. The van der Waals surface area contributed by atoms with Crippen molar-refractivity contribution in [2.75, 3.05) is 12.4 Å². The molecule has 2 unspecified atom stereocenters. The Hall–Kier alpha value is -1.05. The number of aromatic nitrogens is 1. The Morgan fingerprint density at radius 3 is 2.41 bits per heavy atom. The number of nitrogens with one attached hydrogen (secondary N) is 1. The topological polar surface area (TPSA) is 24.9 Å². The number of hydrogen-bond donors (Lipinski definition) is 1. The van der Waals surface area contributed by atoms with E-state index in [4.69, 9.17) is 0 Å². The highest BCUT2D eigenvalue weighted by Crippen LogP contribution is 2.43. The van der Waals surface area contributed by atoms with Gasteiger partial charge in [0.1, 0.15) is 0 Å². The minimum absolute atomic E-state index is 0.696. The average Bonchev–Trinajstić information content (AvgIpc) is 2.35. The molecule has 1 heterocycles. The van der Waals surface area contributed by atoms with E-state index in [0.29, 0.717) is 5.92 Å². The summed E-state index contributed by atoms with van der Waals surface area (Å²) < 4.78 is 0. The zero-order chi connectivity index (χ0) is 12.4. The van der Waals surface area contributed by atoms with Crippen LogP contribution in [0.5, 0.6) is 0 Å². The summed E-state index contributed by atoms with van der Waals surface area (Å²) in [5.41, 5.74) is 2.65. The largest absolute Gasteiger partial charge is 0.387 e. The summed E-state index contributed by atoms with van der Waals surface area (Å²) in [4.78, 5) is 4.20. The number of anilines is 1. The predicted molar refractivity (Wildman–Crippen MR) is 73.3 cm³/mol. The number of hydrogen-bond acceptors (Lipinski definition) is 2. The van der Waals surface area contributed by atoms with E-state index in [2.05, 4.69) is 37.1 Å². The molecule has 94 valence electrons. The van der Waals surface area contributed by atoms with Gasteiger partial charge in [0, 0.05) is 13.2 Å². The fraction of sp³-hybridized carbons (Fsp3) is 0.667.